The summed E-state index contributed by atoms with van der Waals surface area (Å²) in [7, 11) is -4.22. The summed E-state index contributed by atoms with van der Waals surface area (Å²) in [6.45, 7) is 7.73. The van der Waals surface area contributed by atoms with E-state index in [1.165, 1.54) is 35.2 Å². The van der Waals surface area contributed by atoms with E-state index >= 15 is 0 Å². The summed E-state index contributed by atoms with van der Waals surface area (Å²) in [5, 5.41) is 3.38. The molecule has 0 spiro atoms. The van der Waals surface area contributed by atoms with Crippen molar-refractivity contribution < 1.29 is 18.0 Å². The number of unbranched alkanes of at least 4 members (excludes halogenated alkanes) is 1. The van der Waals surface area contributed by atoms with Crippen molar-refractivity contribution in [2.45, 2.75) is 64.4 Å². The van der Waals surface area contributed by atoms with Gasteiger partial charge in [0.15, 0.2) is 0 Å². The van der Waals surface area contributed by atoms with Crippen molar-refractivity contribution in [3.05, 3.63) is 93.5 Å². The van der Waals surface area contributed by atoms with E-state index in [9.17, 15) is 18.0 Å². The number of halogens is 2. The maximum atomic E-state index is 14.2. The van der Waals surface area contributed by atoms with Gasteiger partial charge in [-0.2, -0.15) is 0 Å². The van der Waals surface area contributed by atoms with Crippen LogP contribution in [0, 0.1) is 13.8 Å². The first kappa shape index (κ1) is 32.4. The molecule has 7 nitrogen and oxygen atoms in total. The van der Waals surface area contributed by atoms with Gasteiger partial charge in [-0.3, -0.25) is 13.9 Å². The zero-order chi connectivity index (χ0) is 30.2. The van der Waals surface area contributed by atoms with Crippen molar-refractivity contribution in [1.82, 2.24) is 10.2 Å². The molecule has 3 rings (SSSR count). The first-order valence-corrected chi connectivity index (χ1v) is 15.8. The Kier molecular flexibility index (Phi) is 11.6. The number of rotatable bonds is 13. The summed E-state index contributed by atoms with van der Waals surface area (Å²) >= 11 is 12.5. The second-order valence-corrected chi connectivity index (χ2v) is 12.7. The molecule has 220 valence electrons. The topological polar surface area (TPSA) is 86.8 Å². The highest BCUT2D eigenvalue weighted by atomic mass is 35.5. The Hall–Kier alpha value is -3.07. The van der Waals surface area contributed by atoms with Crippen molar-refractivity contribution in [3.8, 4) is 0 Å². The van der Waals surface area contributed by atoms with Crippen LogP contribution in [-0.4, -0.2) is 44.3 Å². The normalized spacial score (nSPS) is 12.0. The third-order valence-electron chi connectivity index (χ3n) is 6.84. The molecule has 0 aliphatic rings. The number of hydrogen-bond acceptors (Lipinski definition) is 4. The van der Waals surface area contributed by atoms with Gasteiger partial charge in [-0.1, -0.05) is 85.4 Å². The van der Waals surface area contributed by atoms with Crippen molar-refractivity contribution in [3.63, 3.8) is 0 Å². The SMILES string of the molecule is CCCCNC(=O)C(CC)N(Cc1ccccc1C)C(=O)CN(c1cc(Cl)cc(Cl)c1)S(=O)(=O)c1ccc(C)cc1. The van der Waals surface area contributed by atoms with Gasteiger partial charge < -0.3 is 10.2 Å². The molecule has 1 atom stereocenters. The van der Waals surface area contributed by atoms with Crippen LogP contribution in [0.5, 0.6) is 0 Å². The first-order chi connectivity index (χ1) is 19.5. The standard InChI is InChI=1S/C31H37Cl2N3O4S/c1-5-7-16-34-31(38)29(6-2)35(20-24-11-9-8-10-23(24)4)30(37)21-36(27-18-25(32)17-26(33)19-27)41(39,40)28-14-12-22(3)13-15-28/h8-15,17-19,29H,5-7,16,20-21H2,1-4H3,(H,34,38). The number of anilines is 1. The van der Waals surface area contributed by atoms with Crippen LogP contribution in [0.3, 0.4) is 0 Å². The van der Waals surface area contributed by atoms with E-state index in [1.54, 1.807) is 12.1 Å². The molecule has 10 heteroatoms. The number of aryl methyl sites for hydroxylation is 2. The quantitative estimate of drug-likeness (QED) is 0.221. The average molecular weight is 619 g/mol. The molecule has 0 saturated heterocycles. The van der Waals surface area contributed by atoms with Crippen LogP contribution in [0.15, 0.2) is 71.6 Å². The van der Waals surface area contributed by atoms with Gasteiger partial charge in [0.25, 0.3) is 10.0 Å². The molecule has 0 saturated carbocycles. The predicted octanol–water partition coefficient (Wildman–Crippen LogP) is 6.53. The maximum absolute atomic E-state index is 14.2. The van der Waals surface area contributed by atoms with Crippen LogP contribution < -0.4 is 9.62 Å². The fraction of sp³-hybridized carbons (Fsp3) is 0.355. The van der Waals surface area contributed by atoms with Crippen LogP contribution in [0.25, 0.3) is 0 Å². The number of sulfonamides is 1. The summed E-state index contributed by atoms with van der Waals surface area (Å²) in [5.41, 5.74) is 2.85. The van der Waals surface area contributed by atoms with E-state index in [0.717, 1.165) is 33.8 Å². The number of benzene rings is 3. The molecule has 3 aromatic rings. The molecule has 0 radical (unpaired) electrons. The Bertz CT molecular complexity index is 1440. The largest absolute Gasteiger partial charge is 0.354 e. The summed E-state index contributed by atoms with van der Waals surface area (Å²) in [6.07, 6.45) is 2.08. The van der Waals surface area contributed by atoms with Gasteiger partial charge in [0.2, 0.25) is 11.8 Å². The first-order valence-electron chi connectivity index (χ1n) is 13.6. The molecule has 3 aromatic carbocycles. The maximum Gasteiger partial charge on any atom is 0.264 e. The Morgan fingerprint density at radius 2 is 1.56 bits per heavy atom. The van der Waals surface area contributed by atoms with Crippen LogP contribution in [0.2, 0.25) is 10.0 Å². The molecule has 41 heavy (non-hydrogen) atoms. The minimum atomic E-state index is -4.22. The summed E-state index contributed by atoms with van der Waals surface area (Å²) in [5.74, 6) is -0.806. The van der Waals surface area contributed by atoms with E-state index in [4.69, 9.17) is 23.2 Å². The zero-order valence-corrected chi connectivity index (χ0v) is 26.2. The molecule has 0 heterocycles. The molecule has 0 aliphatic carbocycles. The Morgan fingerprint density at radius 1 is 0.927 bits per heavy atom. The van der Waals surface area contributed by atoms with Crippen LogP contribution >= 0.6 is 23.2 Å². The molecular formula is C31H37Cl2N3O4S. The second-order valence-electron chi connectivity index (χ2n) is 9.97. The van der Waals surface area contributed by atoms with Crippen LogP contribution in [-0.2, 0) is 26.2 Å². The van der Waals surface area contributed by atoms with Gasteiger partial charge in [-0.05, 0) is 68.1 Å². The third kappa shape index (κ3) is 8.47. The van der Waals surface area contributed by atoms with Gasteiger partial charge in [-0.25, -0.2) is 8.42 Å². The van der Waals surface area contributed by atoms with Crippen molar-refractivity contribution in [1.29, 1.82) is 0 Å². The van der Waals surface area contributed by atoms with E-state index < -0.39 is 28.5 Å². The number of carbonyl (C=O) groups excluding carboxylic acids is 2. The number of hydrogen-bond donors (Lipinski definition) is 1. The lowest BCUT2D eigenvalue weighted by Crippen LogP contribution is -2.52. The molecule has 2 amide bonds. The summed E-state index contributed by atoms with van der Waals surface area (Å²) in [6, 6.07) is 17.6. The molecule has 0 aromatic heterocycles. The van der Waals surface area contributed by atoms with Gasteiger partial charge in [0.1, 0.15) is 12.6 Å². The second kappa shape index (κ2) is 14.7. The molecule has 0 aliphatic heterocycles. The van der Waals surface area contributed by atoms with Gasteiger partial charge in [0.05, 0.1) is 10.6 Å². The zero-order valence-electron chi connectivity index (χ0n) is 23.9. The molecule has 1 N–H and O–H groups in total. The van der Waals surface area contributed by atoms with Gasteiger partial charge >= 0.3 is 0 Å². The van der Waals surface area contributed by atoms with Crippen molar-refractivity contribution >= 4 is 50.7 Å². The highest BCUT2D eigenvalue weighted by Gasteiger charge is 2.34. The highest BCUT2D eigenvalue weighted by Crippen LogP contribution is 2.30. The average Bonchev–Trinajstić information content (AvgIpc) is 2.92. The number of amides is 2. The highest BCUT2D eigenvalue weighted by molar-refractivity contribution is 7.92. The smallest absolute Gasteiger partial charge is 0.264 e. The van der Waals surface area contributed by atoms with Crippen molar-refractivity contribution in [2.24, 2.45) is 0 Å². The van der Waals surface area contributed by atoms with E-state index in [0.29, 0.717) is 13.0 Å². The summed E-state index contributed by atoms with van der Waals surface area (Å²) in [4.78, 5) is 28.9. The minimum absolute atomic E-state index is 0.0156. The number of nitrogens with zero attached hydrogens (tertiary/aromatic N) is 2. The third-order valence-corrected chi connectivity index (χ3v) is 9.07. The lowest BCUT2D eigenvalue weighted by atomic mass is 10.1. The monoisotopic (exact) mass is 617 g/mol. The minimum Gasteiger partial charge on any atom is -0.354 e. The van der Waals surface area contributed by atoms with Crippen LogP contribution in [0.1, 0.15) is 49.8 Å². The lowest BCUT2D eigenvalue weighted by molar-refractivity contribution is -0.140. The summed E-state index contributed by atoms with van der Waals surface area (Å²) < 4.78 is 29.0. The molecule has 1 unspecified atom stereocenters. The Morgan fingerprint density at radius 3 is 2.15 bits per heavy atom. The van der Waals surface area contributed by atoms with Crippen LogP contribution in [0.4, 0.5) is 5.69 Å². The lowest BCUT2D eigenvalue weighted by Gasteiger charge is -2.33. The van der Waals surface area contributed by atoms with Crippen molar-refractivity contribution in [2.75, 3.05) is 17.4 Å². The molecular weight excluding hydrogens is 581 g/mol. The Balaban J connectivity index is 2.08. The fourth-order valence-corrected chi connectivity index (χ4v) is 6.36. The van der Waals surface area contributed by atoms with Gasteiger partial charge in [0, 0.05) is 23.1 Å². The molecule has 0 bridgehead atoms. The predicted molar refractivity (Wildman–Crippen MR) is 166 cm³/mol. The van der Waals surface area contributed by atoms with E-state index in [1.807, 2.05) is 52.0 Å². The number of carbonyl (C=O) groups is 2. The van der Waals surface area contributed by atoms with Gasteiger partial charge in [-0.15, -0.1) is 0 Å². The fourth-order valence-electron chi connectivity index (χ4n) is 4.45. The Labute approximate surface area is 253 Å². The van der Waals surface area contributed by atoms with E-state index in [-0.39, 0.29) is 33.1 Å². The number of nitrogens with one attached hydrogen (secondary N) is 1. The van der Waals surface area contributed by atoms with E-state index in [2.05, 4.69) is 5.32 Å². The molecule has 0 fully saturated rings.